The van der Waals surface area contributed by atoms with Crippen LogP contribution in [0, 0.1) is 5.41 Å². The Morgan fingerprint density at radius 3 is 2.04 bits per heavy atom. The van der Waals surface area contributed by atoms with Gasteiger partial charge in [0.05, 0.1) is 11.0 Å². The number of nitrogens with one attached hydrogen (secondary N) is 1. The zero-order chi connectivity index (χ0) is 19.9. The van der Waals surface area contributed by atoms with Crippen LogP contribution in [0.5, 0.6) is 0 Å². The molecule has 150 valence electrons. The maximum atomic E-state index is 12.1. The minimum atomic E-state index is -0.813. The fraction of sp³-hybridized carbons (Fsp3) is 0.900. The highest BCUT2D eigenvalue weighted by atomic mass is 16.5. The maximum absolute atomic E-state index is 12.1. The van der Waals surface area contributed by atoms with Crippen LogP contribution in [-0.4, -0.2) is 35.7 Å². The second-order valence-corrected chi connectivity index (χ2v) is 7.54. The number of amides is 1. The van der Waals surface area contributed by atoms with Gasteiger partial charge in [-0.2, -0.15) is 0 Å². The minimum Gasteiger partial charge on any atom is -0.455 e. The first-order valence-electron chi connectivity index (χ1n) is 9.75. The third kappa shape index (κ3) is 16.1. The lowest BCUT2D eigenvalue weighted by Gasteiger charge is -2.26. The molecule has 0 aliphatic carbocycles. The maximum Gasteiger partial charge on any atom is 0.312 e. The van der Waals surface area contributed by atoms with E-state index in [1.54, 1.807) is 27.7 Å². The van der Waals surface area contributed by atoms with Crippen molar-refractivity contribution in [1.82, 2.24) is 5.32 Å². The third-order valence-electron chi connectivity index (χ3n) is 3.85. The summed E-state index contributed by atoms with van der Waals surface area (Å²) in [7, 11) is 0. The van der Waals surface area contributed by atoms with Gasteiger partial charge < -0.3 is 15.2 Å². The average Bonchev–Trinajstić information content (AvgIpc) is 2.55. The molecule has 0 aliphatic heterocycles. The summed E-state index contributed by atoms with van der Waals surface area (Å²) >= 11 is 0. The van der Waals surface area contributed by atoms with Gasteiger partial charge in [0, 0.05) is 6.54 Å². The van der Waals surface area contributed by atoms with Crippen molar-refractivity contribution in [3.8, 4) is 0 Å². The normalized spacial score (nSPS) is 11.4. The number of unbranched alkanes of at least 4 members (excludes halogenated alkanes) is 4. The lowest BCUT2D eigenvalue weighted by Crippen LogP contribution is -2.34. The predicted octanol–water partition coefficient (Wildman–Crippen LogP) is 4.22. The molecule has 0 spiro atoms. The van der Waals surface area contributed by atoms with Gasteiger partial charge in [0.25, 0.3) is 5.91 Å². The van der Waals surface area contributed by atoms with Crippen LogP contribution in [0.1, 0.15) is 93.4 Å². The molecule has 0 saturated heterocycles. The number of hydrogen-bond acceptors (Lipinski definition) is 4. The molecular formula is C20H41NO4. The van der Waals surface area contributed by atoms with E-state index in [1.807, 2.05) is 13.8 Å². The number of ether oxygens (including phenoxy) is 1. The first-order chi connectivity index (χ1) is 11.6. The van der Waals surface area contributed by atoms with Gasteiger partial charge in [-0.3, -0.25) is 9.59 Å². The molecule has 0 aromatic rings. The van der Waals surface area contributed by atoms with Crippen LogP contribution in [0.4, 0.5) is 0 Å². The standard InChI is InChI=1S/C18H35NO4.C2H6/c1-6-7-8-9-10-13-19-15(20)14-23-16(21)17(2,3)11-12-18(4,5)22;1-2/h22H,6-14H2,1-5H3,(H,19,20);1-2H3. The molecule has 0 aliphatic rings. The zero-order valence-electron chi connectivity index (χ0n) is 17.5. The van der Waals surface area contributed by atoms with E-state index in [1.165, 1.54) is 19.3 Å². The Bertz CT molecular complexity index is 359. The van der Waals surface area contributed by atoms with Crippen LogP contribution >= 0.6 is 0 Å². The van der Waals surface area contributed by atoms with E-state index in [4.69, 9.17) is 4.74 Å². The van der Waals surface area contributed by atoms with E-state index in [9.17, 15) is 14.7 Å². The molecule has 0 heterocycles. The van der Waals surface area contributed by atoms with Gasteiger partial charge in [-0.05, 0) is 47.0 Å². The van der Waals surface area contributed by atoms with Gasteiger partial charge in [0.15, 0.2) is 6.61 Å². The summed E-state index contributed by atoms with van der Waals surface area (Å²) < 4.78 is 5.10. The summed E-state index contributed by atoms with van der Waals surface area (Å²) in [6, 6.07) is 0. The van der Waals surface area contributed by atoms with Gasteiger partial charge in [-0.15, -0.1) is 0 Å². The molecule has 2 N–H and O–H groups in total. The molecule has 0 aromatic heterocycles. The smallest absolute Gasteiger partial charge is 0.312 e. The number of esters is 1. The van der Waals surface area contributed by atoms with Crippen LogP contribution < -0.4 is 5.32 Å². The molecular weight excluding hydrogens is 318 g/mol. The zero-order valence-corrected chi connectivity index (χ0v) is 17.5. The highest BCUT2D eigenvalue weighted by Crippen LogP contribution is 2.27. The SMILES string of the molecule is CC.CCCCCCCNC(=O)COC(=O)C(C)(C)CCC(C)(C)O. The van der Waals surface area contributed by atoms with Crippen LogP contribution in [0.2, 0.25) is 0 Å². The predicted molar refractivity (Wildman–Crippen MR) is 103 cm³/mol. The molecule has 0 rings (SSSR count). The second kappa shape index (κ2) is 14.1. The number of aliphatic hydroxyl groups is 1. The second-order valence-electron chi connectivity index (χ2n) is 7.54. The van der Waals surface area contributed by atoms with Crippen molar-refractivity contribution in [3.63, 3.8) is 0 Å². The van der Waals surface area contributed by atoms with Crippen molar-refractivity contribution in [2.24, 2.45) is 5.41 Å². The minimum absolute atomic E-state index is 0.236. The topological polar surface area (TPSA) is 75.6 Å². The van der Waals surface area contributed by atoms with Crippen LogP contribution in [0.15, 0.2) is 0 Å². The first kappa shape index (κ1) is 26.1. The number of hydrogen-bond donors (Lipinski definition) is 2. The van der Waals surface area contributed by atoms with E-state index >= 15 is 0 Å². The Balaban J connectivity index is 0. The molecule has 5 nitrogen and oxygen atoms in total. The molecule has 0 saturated carbocycles. The number of carbonyl (C=O) groups excluding carboxylic acids is 2. The summed E-state index contributed by atoms with van der Waals surface area (Å²) in [5.41, 5.74) is -1.52. The molecule has 1 amide bonds. The Hall–Kier alpha value is -1.10. The van der Waals surface area contributed by atoms with Crippen molar-refractivity contribution in [2.75, 3.05) is 13.2 Å². The monoisotopic (exact) mass is 359 g/mol. The van der Waals surface area contributed by atoms with E-state index in [0.717, 1.165) is 12.8 Å². The Morgan fingerprint density at radius 1 is 0.960 bits per heavy atom. The van der Waals surface area contributed by atoms with E-state index in [-0.39, 0.29) is 12.5 Å². The van der Waals surface area contributed by atoms with E-state index < -0.39 is 17.0 Å². The van der Waals surface area contributed by atoms with Crippen molar-refractivity contribution in [3.05, 3.63) is 0 Å². The summed E-state index contributed by atoms with van der Waals surface area (Å²) in [5, 5.41) is 12.5. The molecule has 0 atom stereocenters. The highest BCUT2D eigenvalue weighted by molar-refractivity contribution is 5.82. The van der Waals surface area contributed by atoms with Crippen molar-refractivity contribution < 1.29 is 19.4 Å². The summed E-state index contributed by atoms with van der Waals surface area (Å²) in [6.45, 7) is 13.5. The fourth-order valence-corrected chi connectivity index (χ4v) is 2.05. The van der Waals surface area contributed by atoms with E-state index in [2.05, 4.69) is 12.2 Å². The van der Waals surface area contributed by atoms with Crippen molar-refractivity contribution in [2.45, 2.75) is 99.0 Å². The van der Waals surface area contributed by atoms with Crippen molar-refractivity contribution in [1.29, 1.82) is 0 Å². The molecule has 0 fully saturated rings. The lowest BCUT2D eigenvalue weighted by molar-refractivity contribution is -0.158. The molecule has 25 heavy (non-hydrogen) atoms. The van der Waals surface area contributed by atoms with Gasteiger partial charge >= 0.3 is 5.97 Å². The Kier molecular flexibility index (Phi) is 14.7. The van der Waals surface area contributed by atoms with Gasteiger partial charge in [-0.25, -0.2) is 0 Å². The van der Waals surface area contributed by atoms with Crippen LogP contribution in [-0.2, 0) is 14.3 Å². The average molecular weight is 360 g/mol. The highest BCUT2D eigenvalue weighted by Gasteiger charge is 2.31. The first-order valence-corrected chi connectivity index (χ1v) is 9.75. The molecule has 0 aromatic carbocycles. The molecule has 0 radical (unpaired) electrons. The fourth-order valence-electron chi connectivity index (χ4n) is 2.05. The quantitative estimate of drug-likeness (QED) is 0.404. The summed E-state index contributed by atoms with van der Waals surface area (Å²) in [4.78, 5) is 23.7. The summed E-state index contributed by atoms with van der Waals surface area (Å²) in [6.07, 6.45) is 6.69. The lowest BCUT2D eigenvalue weighted by atomic mass is 9.84. The van der Waals surface area contributed by atoms with Gasteiger partial charge in [0.2, 0.25) is 0 Å². The Labute approximate surface area is 154 Å². The van der Waals surface area contributed by atoms with E-state index in [0.29, 0.717) is 19.4 Å². The van der Waals surface area contributed by atoms with Crippen LogP contribution in [0.3, 0.4) is 0 Å². The summed E-state index contributed by atoms with van der Waals surface area (Å²) in [5.74, 6) is -0.660. The Morgan fingerprint density at radius 2 is 1.52 bits per heavy atom. The van der Waals surface area contributed by atoms with Gasteiger partial charge in [0.1, 0.15) is 0 Å². The number of rotatable bonds is 12. The largest absolute Gasteiger partial charge is 0.455 e. The number of carbonyl (C=O) groups is 2. The van der Waals surface area contributed by atoms with Crippen LogP contribution in [0.25, 0.3) is 0 Å². The molecule has 0 bridgehead atoms. The molecule has 0 unspecified atom stereocenters. The molecule has 5 heteroatoms. The van der Waals surface area contributed by atoms with Gasteiger partial charge in [-0.1, -0.05) is 46.5 Å². The third-order valence-corrected chi connectivity index (χ3v) is 3.85. The van der Waals surface area contributed by atoms with Crippen molar-refractivity contribution >= 4 is 11.9 Å².